The van der Waals surface area contributed by atoms with Gasteiger partial charge in [0.05, 0.1) is 4.47 Å². The van der Waals surface area contributed by atoms with E-state index in [0.717, 1.165) is 10.9 Å². The van der Waals surface area contributed by atoms with Crippen LogP contribution in [0.3, 0.4) is 0 Å². The van der Waals surface area contributed by atoms with Crippen molar-refractivity contribution in [3.63, 3.8) is 0 Å². The summed E-state index contributed by atoms with van der Waals surface area (Å²) in [6, 6.07) is -1.14. The maximum absolute atomic E-state index is 12.3. The fraction of sp³-hybridized carbons (Fsp3) is 0.429. The molecule has 1 aromatic heterocycles. The molecular formula is C7H6BrF3N2O2. The zero-order valence-corrected chi connectivity index (χ0v) is 9.00. The zero-order valence-electron chi connectivity index (χ0n) is 7.42. The molecular weight excluding hydrogens is 281 g/mol. The number of aromatic nitrogens is 2. The van der Waals surface area contributed by atoms with E-state index in [1.54, 1.807) is 0 Å². The zero-order chi connectivity index (χ0) is 11.8. The van der Waals surface area contributed by atoms with Gasteiger partial charge in [0.15, 0.2) is 5.69 Å². The first kappa shape index (κ1) is 12.0. The minimum absolute atomic E-state index is 0.275. The van der Waals surface area contributed by atoms with Gasteiger partial charge >= 0.3 is 12.1 Å². The van der Waals surface area contributed by atoms with Gasteiger partial charge in [0.2, 0.25) is 0 Å². The van der Waals surface area contributed by atoms with Gasteiger partial charge in [0, 0.05) is 6.20 Å². The molecule has 1 heterocycles. The fourth-order valence-electron chi connectivity index (χ4n) is 0.873. The Morgan fingerprint density at radius 3 is 2.53 bits per heavy atom. The summed E-state index contributed by atoms with van der Waals surface area (Å²) < 4.78 is 37.3. The predicted octanol–water partition coefficient (Wildman–Crippen LogP) is 2.31. The predicted molar refractivity (Wildman–Crippen MR) is 47.3 cm³/mol. The molecule has 4 nitrogen and oxygen atoms in total. The third-order valence-electron chi connectivity index (χ3n) is 1.71. The summed E-state index contributed by atoms with van der Waals surface area (Å²) in [5, 5.41) is 11.7. The number of nitrogens with zero attached hydrogens (tertiary/aromatic N) is 2. The number of hydrogen-bond donors (Lipinski definition) is 1. The van der Waals surface area contributed by atoms with Gasteiger partial charge in [0.1, 0.15) is 6.04 Å². The minimum atomic E-state index is -4.59. The van der Waals surface area contributed by atoms with Gasteiger partial charge in [-0.15, -0.1) is 0 Å². The van der Waals surface area contributed by atoms with Crippen molar-refractivity contribution >= 4 is 21.9 Å². The summed E-state index contributed by atoms with van der Waals surface area (Å²) in [5.41, 5.74) is -1.13. The van der Waals surface area contributed by atoms with Gasteiger partial charge in [-0.3, -0.25) is 4.68 Å². The Morgan fingerprint density at radius 1 is 1.67 bits per heavy atom. The Bertz CT molecular complexity index is 388. The molecule has 0 fully saturated rings. The Labute approximate surface area is 90.8 Å². The lowest BCUT2D eigenvalue weighted by Crippen LogP contribution is -2.17. The van der Waals surface area contributed by atoms with E-state index in [0.29, 0.717) is 0 Å². The topological polar surface area (TPSA) is 55.1 Å². The van der Waals surface area contributed by atoms with Crippen molar-refractivity contribution in [1.82, 2.24) is 9.78 Å². The lowest BCUT2D eigenvalue weighted by molar-refractivity contribution is -0.144. The molecule has 1 aromatic rings. The first-order chi connectivity index (χ1) is 6.73. The summed E-state index contributed by atoms with van der Waals surface area (Å²) in [6.45, 7) is 1.24. The second-order valence-electron chi connectivity index (χ2n) is 2.82. The van der Waals surface area contributed by atoms with E-state index >= 15 is 0 Å². The van der Waals surface area contributed by atoms with E-state index in [1.807, 2.05) is 0 Å². The molecule has 0 aliphatic heterocycles. The number of carbonyl (C=O) groups is 1. The quantitative estimate of drug-likeness (QED) is 0.908. The van der Waals surface area contributed by atoms with Crippen molar-refractivity contribution in [2.75, 3.05) is 0 Å². The molecule has 84 valence electrons. The second-order valence-corrected chi connectivity index (χ2v) is 3.67. The summed E-state index contributed by atoms with van der Waals surface area (Å²) in [4.78, 5) is 10.5. The highest BCUT2D eigenvalue weighted by atomic mass is 79.9. The smallest absolute Gasteiger partial charge is 0.436 e. The number of carboxylic acids is 1. The number of alkyl halides is 3. The number of halogens is 4. The second kappa shape index (κ2) is 3.84. The Kier molecular flexibility index (Phi) is 3.08. The van der Waals surface area contributed by atoms with Crippen LogP contribution in [0.1, 0.15) is 18.7 Å². The largest absolute Gasteiger partial charge is 0.480 e. The summed E-state index contributed by atoms with van der Waals surface area (Å²) in [6.07, 6.45) is -3.61. The Hall–Kier alpha value is -1.05. The molecule has 1 N–H and O–H groups in total. The molecule has 0 radical (unpaired) electrons. The van der Waals surface area contributed by atoms with Crippen LogP contribution in [-0.2, 0) is 11.0 Å². The standard InChI is InChI=1S/C7H6BrF3N2O2/c1-3(6(14)15)13-2-4(8)5(12-13)7(9,10)11/h2-3H,1H3,(H,14,15)/t3-/m1/s1. The molecule has 8 heteroatoms. The van der Waals surface area contributed by atoms with Crippen LogP contribution in [0.4, 0.5) is 13.2 Å². The SMILES string of the molecule is C[C@H](C(=O)O)n1cc(Br)c(C(F)(F)F)n1. The van der Waals surface area contributed by atoms with E-state index < -0.39 is 23.9 Å². The van der Waals surface area contributed by atoms with Gasteiger partial charge in [-0.1, -0.05) is 0 Å². The Balaban J connectivity index is 3.11. The monoisotopic (exact) mass is 286 g/mol. The molecule has 0 aliphatic rings. The van der Waals surface area contributed by atoms with Gasteiger partial charge in [0.25, 0.3) is 0 Å². The molecule has 15 heavy (non-hydrogen) atoms. The molecule has 1 rings (SSSR count). The first-order valence-electron chi connectivity index (χ1n) is 3.78. The van der Waals surface area contributed by atoms with Crippen molar-refractivity contribution in [3.8, 4) is 0 Å². The van der Waals surface area contributed by atoms with E-state index in [9.17, 15) is 18.0 Å². The molecule has 0 amide bonds. The third kappa shape index (κ3) is 2.49. The summed E-state index contributed by atoms with van der Waals surface area (Å²) >= 11 is 2.67. The van der Waals surface area contributed by atoms with Crippen molar-refractivity contribution in [2.24, 2.45) is 0 Å². The van der Waals surface area contributed by atoms with Crippen LogP contribution in [0, 0.1) is 0 Å². The molecule has 0 aromatic carbocycles. The van der Waals surface area contributed by atoms with Crippen molar-refractivity contribution < 1.29 is 23.1 Å². The Morgan fingerprint density at radius 2 is 2.20 bits per heavy atom. The fourth-order valence-corrected chi connectivity index (χ4v) is 1.39. The molecule has 0 spiro atoms. The average molecular weight is 287 g/mol. The highest BCUT2D eigenvalue weighted by Crippen LogP contribution is 2.33. The molecule has 0 bridgehead atoms. The van der Waals surface area contributed by atoms with E-state index in [1.165, 1.54) is 6.92 Å². The number of carboxylic acid groups (broad SMARTS) is 1. The van der Waals surface area contributed by atoms with Crippen molar-refractivity contribution in [1.29, 1.82) is 0 Å². The average Bonchev–Trinajstić information content (AvgIpc) is 2.44. The van der Waals surface area contributed by atoms with Crippen molar-refractivity contribution in [3.05, 3.63) is 16.4 Å². The highest BCUT2D eigenvalue weighted by molar-refractivity contribution is 9.10. The van der Waals surface area contributed by atoms with Crippen LogP contribution < -0.4 is 0 Å². The van der Waals surface area contributed by atoms with E-state index in [4.69, 9.17) is 5.11 Å². The minimum Gasteiger partial charge on any atom is -0.480 e. The van der Waals surface area contributed by atoms with Crippen molar-refractivity contribution in [2.45, 2.75) is 19.1 Å². The van der Waals surface area contributed by atoms with Gasteiger partial charge in [-0.25, -0.2) is 4.79 Å². The van der Waals surface area contributed by atoms with E-state index in [-0.39, 0.29) is 4.47 Å². The highest BCUT2D eigenvalue weighted by Gasteiger charge is 2.37. The van der Waals surface area contributed by atoms with Gasteiger partial charge in [-0.2, -0.15) is 18.3 Å². The van der Waals surface area contributed by atoms with Crippen LogP contribution >= 0.6 is 15.9 Å². The molecule has 1 atom stereocenters. The number of aliphatic carboxylic acids is 1. The van der Waals surface area contributed by atoms with Crippen LogP contribution in [0.25, 0.3) is 0 Å². The molecule has 0 saturated carbocycles. The van der Waals surface area contributed by atoms with Gasteiger partial charge < -0.3 is 5.11 Å². The summed E-state index contributed by atoms with van der Waals surface area (Å²) in [7, 11) is 0. The lowest BCUT2D eigenvalue weighted by Gasteiger charge is -2.06. The molecule has 0 aliphatic carbocycles. The molecule has 0 saturated heterocycles. The number of rotatable bonds is 2. The van der Waals surface area contributed by atoms with Crippen LogP contribution in [0.2, 0.25) is 0 Å². The maximum Gasteiger partial charge on any atom is 0.436 e. The third-order valence-corrected chi connectivity index (χ3v) is 2.29. The maximum atomic E-state index is 12.3. The van der Waals surface area contributed by atoms with E-state index in [2.05, 4.69) is 21.0 Å². The summed E-state index contributed by atoms with van der Waals surface area (Å²) in [5.74, 6) is -1.25. The van der Waals surface area contributed by atoms with Crippen LogP contribution in [0.15, 0.2) is 10.7 Å². The van der Waals surface area contributed by atoms with Crippen LogP contribution in [0.5, 0.6) is 0 Å². The lowest BCUT2D eigenvalue weighted by atomic mass is 10.4. The molecule has 0 unspecified atom stereocenters. The number of hydrogen-bond acceptors (Lipinski definition) is 2. The first-order valence-corrected chi connectivity index (χ1v) is 4.57. The van der Waals surface area contributed by atoms with Crippen LogP contribution in [-0.4, -0.2) is 20.9 Å². The normalized spacial score (nSPS) is 13.9. The van der Waals surface area contributed by atoms with Gasteiger partial charge in [-0.05, 0) is 22.9 Å².